The molecular weight excluding hydrogens is 330 g/mol. The van der Waals surface area contributed by atoms with E-state index in [1.165, 1.54) is 16.4 Å². The summed E-state index contributed by atoms with van der Waals surface area (Å²) in [7, 11) is -3.72. The highest BCUT2D eigenvalue weighted by Crippen LogP contribution is 2.26. The van der Waals surface area contributed by atoms with Gasteiger partial charge in [-0.3, -0.25) is 15.2 Å². The molecule has 2 aromatic rings. The molecule has 1 saturated heterocycles. The summed E-state index contributed by atoms with van der Waals surface area (Å²) < 4.78 is 27.0. The van der Waals surface area contributed by atoms with Crippen LogP contribution in [0, 0.1) is 6.92 Å². The molecule has 0 saturated carbocycles. The summed E-state index contributed by atoms with van der Waals surface area (Å²) in [5.74, 6) is 0.316. The lowest BCUT2D eigenvalue weighted by atomic mass is 10.0. The number of carbonyl (C=O) groups is 1. The molecule has 0 bridgehead atoms. The van der Waals surface area contributed by atoms with Gasteiger partial charge < -0.3 is 0 Å². The molecule has 1 aromatic carbocycles. The Kier molecular flexibility index (Phi) is 4.63. The van der Waals surface area contributed by atoms with Crippen molar-refractivity contribution in [2.24, 2.45) is 0 Å². The number of carbonyl (C=O) groups excluding carboxylic acids is 1. The van der Waals surface area contributed by atoms with Crippen LogP contribution in [0.3, 0.4) is 0 Å². The predicted molar refractivity (Wildman–Crippen MR) is 87.7 cm³/mol. The number of piperidine rings is 1. The minimum atomic E-state index is -3.72. The average molecular weight is 349 g/mol. The molecule has 0 aliphatic carbocycles. The molecule has 0 radical (unpaired) electrons. The molecule has 24 heavy (non-hydrogen) atoms. The van der Waals surface area contributed by atoms with Crippen LogP contribution in [-0.2, 0) is 14.8 Å². The fraction of sp³-hybridized carbons (Fsp3) is 0.400. The van der Waals surface area contributed by atoms with Crippen molar-refractivity contribution in [3.63, 3.8) is 0 Å². The van der Waals surface area contributed by atoms with Crippen molar-refractivity contribution in [2.45, 2.75) is 37.1 Å². The quantitative estimate of drug-likeness (QED) is 0.865. The number of rotatable bonds is 4. The molecule has 1 atom stereocenters. The van der Waals surface area contributed by atoms with Gasteiger partial charge in [-0.05, 0) is 31.9 Å². The minimum Gasteiger partial charge on any atom is -0.292 e. The van der Waals surface area contributed by atoms with E-state index >= 15 is 0 Å². The largest absolute Gasteiger partial charge is 0.292 e. The Balaban J connectivity index is 1.84. The standard InChI is InChI=1S/C15H19N5O3S/c1-11-16-15(19-18-11)17-14(21)13-9-5-6-10-20(13)24(22,23)12-7-3-2-4-8-12/h2-4,7-8,13H,5-6,9-10H2,1H3,(H2,16,17,18,19,21). The average Bonchev–Trinajstić information content (AvgIpc) is 3.00. The first-order chi connectivity index (χ1) is 11.5. The highest BCUT2D eigenvalue weighted by Gasteiger charge is 2.37. The number of benzene rings is 1. The van der Waals surface area contributed by atoms with Gasteiger partial charge in [-0.1, -0.05) is 24.6 Å². The third kappa shape index (κ3) is 3.31. The third-order valence-electron chi connectivity index (χ3n) is 3.94. The number of hydrogen-bond donors (Lipinski definition) is 2. The van der Waals surface area contributed by atoms with Gasteiger partial charge in [-0.25, -0.2) is 8.42 Å². The number of sulfonamides is 1. The van der Waals surface area contributed by atoms with Crippen LogP contribution in [-0.4, -0.2) is 46.4 Å². The van der Waals surface area contributed by atoms with Crippen molar-refractivity contribution in [1.29, 1.82) is 0 Å². The summed E-state index contributed by atoms with van der Waals surface area (Å²) in [5, 5.41) is 9.08. The summed E-state index contributed by atoms with van der Waals surface area (Å²) >= 11 is 0. The normalized spacial score (nSPS) is 19.1. The molecule has 128 valence electrons. The van der Waals surface area contributed by atoms with Gasteiger partial charge in [0.1, 0.15) is 11.9 Å². The van der Waals surface area contributed by atoms with Crippen molar-refractivity contribution < 1.29 is 13.2 Å². The van der Waals surface area contributed by atoms with Gasteiger partial charge in [0, 0.05) is 6.54 Å². The Hall–Kier alpha value is -2.26. The van der Waals surface area contributed by atoms with Crippen LogP contribution in [0.25, 0.3) is 0 Å². The summed E-state index contributed by atoms with van der Waals surface area (Å²) in [5.41, 5.74) is 0. The second-order valence-corrected chi connectivity index (χ2v) is 7.56. The summed E-state index contributed by atoms with van der Waals surface area (Å²) in [6.07, 6.45) is 2.00. The fourth-order valence-electron chi connectivity index (χ4n) is 2.77. The lowest BCUT2D eigenvalue weighted by molar-refractivity contribution is -0.120. The molecule has 1 aromatic heterocycles. The van der Waals surface area contributed by atoms with Crippen LogP contribution in [0.5, 0.6) is 0 Å². The second kappa shape index (κ2) is 6.70. The van der Waals surface area contributed by atoms with E-state index < -0.39 is 22.0 Å². The van der Waals surface area contributed by atoms with E-state index in [4.69, 9.17) is 0 Å². The van der Waals surface area contributed by atoms with E-state index in [2.05, 4.69) is 20.5 Å². The van der Waals surface area contributed by atoms with Crippen LogP contribution >= 0.6 is 0 Å². The number of hydrogen-bond acceptors (Lipinski definition) is 5. The topological polar surface area (TPSA) is 108 Å². The Morgan fingerprint density at radius 3 is 2.71 bits per heavy atom. The lowest BCUT2D eigenvalue weighted by Crippen LogP contribution is -2.49. The van der Waals surface area contributed by atoms with E-state index in [-0.39, 0.29) is 10.8 Å². The SMILES string of the molecule is Cc1nc(NC(=O)C2CCCCN2S(=O)(=O)c2ccccc2)n[nH]1. The van der Waals surface area contributed by atoms with Gasteiger partial charge in [0.05, 0.1) is 4.90 Å². The Bertz CT molecular complexity index is 819. The number of aromatic nitrogens is 3. The van der Waals surface area contributed by atoms with Crippen LogP contribution in [0.4, 0.5) is 5.95 Å². The first kappa shape index (κ1) is 16.6. The highest BCUT2D eigenvalue weighted by atomic mass is 32.2. The lowest BCUT2D eigenvalue weighted by Gasteiger charge is -2.33. The van der Waals surface area contributed by atoms with Gasteiger partial charge in [-0.2, -0.15) is 9.29 Å². The molecule has 1 amide bonds. The van der Waals surface area contributed by atoms with Gasteiger partial charge in [0.15, 0.2) is 0 Å². The van der Waals surface area contributed by atoms with Crippen molar-refractivity contribution >= 4 is 21.9 Å². The molecule has 0 spiro atoms. The molecule has 1 aliphatic heterocycles. The molecule has 1 fully saturated rings. The number of H-pyrrole nitrogens is 1. The summed E-state index contributed by atoms with van der Waals surface area (Å²) in [6.45, 7) is 2.04. The van der Waals surface area contributed by atoms with Crippen molar-refractivity contribution in [3.05, 3.63) is 36.2 Å². The Labute approximate surface area is 140 Å². The van der Waals surface area contributed by atoms with E-state index in [0.717, 1.165) is 12.8 Å². The first-order valence-corrected chi connectivity index (χ1v) is 9.19. The monoisotopic (exact) mass is 349 g/mol. The molecule has 3 rings (SSSR count). The smallest absolute Gasteiger partial charge is 0.248 e. The summed E-state index contributed by atoms with van der Waals surface area (Å²) in [4.78, 5) is 16.8. The van der Waals surface area contributed by atoms with E-state index in [1.54, 1.807) is 25.1 Å². The molecular formula is C15H19N5O3S. The molecule has 9 heteroatoms. The molecule has 1 aliphatic rings. The maximum Gasteiger partial charge on any atom is 0.248 e. The van der Waals surface area contributed by atoms with Gasteiger partial charge in [0.2, 0.25) is 21.9 Å². The zero-order valence-electron chi connectivity index (χ0n) is 13.3. The van der Waals surface area contributed by atoms with Gasteiger partial charge >= 0.3 is 0 Å². The van der Waals surface area contributed by atoms with Crippen LogP contribution in [0.1, 0.15) is 25.1 Å². The number of aryl methyl sites for hydroxylation is 1. The Morgan fingerprint density at radius 1 is 1.29 bits per heavy atom. The van der Waals surface area contributed by atoms with Crippen LogP contribution in [0.15, 0.2) is 35.2 Å². The number of anilines is 1. The van der Waals surface area contributed by atoms with Gasteiger partial charge in [0.25, 0.3) is 0 Å². The third-order valence-corrected chi connectivity index (χ3v) is 5.86. The van der Waals surface area contributed by atoms with E-state index in [9.17, 15) is 13.2 Å². The van der Waals surface area contributed by atoms with Crippen molar-refractivity contribution in [3.8, 4) is 0 Å². The van der Waals surface area contributed by atoms with E-state index in [0.29, 0.717) is 18.8 Å². The zero-order chi connectivity index (χ0) is 17.2. The second-order valence-electron chi connectivity index (χ2n) is 5.67. The maximum atomic E-state index is 12.9. The molecule has 2 N–H and O–H groups in total. The highest BCUT2D eigenvalue weighted by molar-refractivity contribution is 7.89. The van der Waals surface area contributed by atoms with Gasteiger partial charge in [-0.15, -0.1) is 5.10 Å². The molecule has 1 unspecified atom stereocenters. The number of nitrogens with zero attached hydrogens (tertiary/aromatic N) is 3. The van der Waals surface area contributed by atoms with E-state index in [1.807, 2.05) is 0 Å². The van der Waals surface area contributed by atoms with Crippen LogP contribution < -0.4 is 5.32 Å². The first-order valence-electron chi connectivity index (χ1n) is 7.75. The molecule has 2 heterocycles. The minimum absolute atomic E-state index is 0.153. The number of amides is 1. The Morgan fingerprint density at radius 2 is 2.04 bits per heavy atom. The zero-order valence-corrected chi connectivity index (χ0v) is 14.1. The summed E-state index contributed by atoms with van der Waals surface area (Å²) in [6, 6.07) is 7.41. The fourth-order valence-corrected chi connectivity index (χ4v) is 4.45. The number of aromatic amines is 1. The molecule has 8 nitrogen and oxygen atoms in total. The van der Waals surface area contributed by atoms with Crippen LogP contribution in [0.2, 0.25) is 0 Å². The maximum absolute atomic E-state index is 12.9. The van der Waals surface area contributed by atoms with Crippen molar-refractivity contribution in [1.82, 2.24) is 19.5 Å². The number of nitrogens with one attached hydrogen (secondary N) is 2. The van der Waals surface area contributed by atoms with Crippen molar-refractivity contribution in [2.75, 3.05) is 11.9 Å². The predicted octanol–water partition coefficient (Wildman–Crippen LogP) is 1.30.